The Bertz CT molecular complexity index is 603. The molecule has 4 nitrogen and oxygen atoms in total. The first-order valence-corrected chi connectivity index (χ1v) is 8.65. The van der Waals surface area contributed by atoms with Gasteiger partial charge in [-0.1, -0.05) is 13.0 Å². The summed E-state index contributed by atoms with van der Waals surface area (Å²) in [5.41, 5.74) is 3.44. The second-order valence-electron chi connectivity index (χ2n) is 7.59. The lowest BCUT2D eigenvalue weighted by Gasteiger charge is -2.27. The highest BCUT2D eigenvalue weighted by atomic mass is 16.6. The van der Waals surface area contributed by atoms with Crippen molar-refractivity contribution >= 4 is 6.09 Å². The average Bonchev–Trinajstić information content (AvgIpc) is 2.81. The maximum absolute atomic E-state index is 12.5. The van der Waals surface area contributed by atoms with Crippen LogP contribution >= 0.6 is 0 Å². The Morgan fingerprint density at radius 3 is 2.61 bits per heavy atom. The standard InChI is InChI=1S/C19H27NO3/c1-5-16-12-20(18(21)23-19(2,3)4)11-15-9-13-7-6-8-14(13)10-17(15)22-16/h9-10,16H,5-8,11-12H2,1-4H3/t16-/m1/s1. The first-order chi connectivity index (χ1) is 10.9. The molecule has 0 unspecified atom stereocenters. The molecular weight excluding hydrogens is 290 g/mol. The molecule has 1 aromatic carbocycles. The molecule has 1 heterocycles. The van der Waals surface area contributed by atoms with Crippen LogP contribution in [0.1, 0.15) is 57.2 Å². The second kappa shape index (κ2) is 6.06. The van der Waals surface area contributed by atoms with Crippen molar-refractivity contribution in [3.05, 3.63) is 28.8 Å². The molecule has 1 aromatic rings. The van der Waals surface area contributed by atoms with E-state index in [9.17, 15) is 4.79 Å². The zero-order chi connectivity index (χ0) is 16.6. The number of ether oxygens (including phenoxy) is 2. The van der Waals surface area contributed by atoms with Gasteiger partial charge in [-0.15, -0.1) is 0 Å². The maximum atomic E-state index is 12.5. The zero-order valence-electron chi connectivity index (χ0n) is 14.6. The van der Waals surface area contributed by atoms with E-state index in [2.05, 4.69) is 19.1 Å². The Labute approximate surface area is 138 Å². The predicted octanol–water partition coefficient (Wildman–Crippen LogP) is 4.08. The third kappa shape index (κ3) is 3.62. The van der Waals surface area contributed by atoms with Crippen LogP contribution in [0.3, 0.4) is 0 Å². The van der Waals surface area contributed by atoms with E-state index in [4.69, 9.17) is 9.47 Å². The fourth-order valence-electron chi connectivity index (χ4n) is 3.30. The second-order valence-corrected chi connectivity index (χ2v) is 7.59. The number of amides is 1. The zero-order valence-corrected chi connectivity index (χ0v) is 14.6. The van der Waals surface area contributed by atoms with Crippen LogP contribution in [-0.4, -0.2) is 29.2 Å². The molecule has 0 spiro atoms. The van der Waals surface area contributed by atoms with E-state index >= 15 is 0 Å². The lowest BCUT2D eigenvalue weighted by atomic mass is 10.0. The van der Waals surface area contributed by atoms with E-state index in [1.54, 1.807) is 4.90 Å². The summed E-state index contributed by atoms with van der Waals surface area (Å²) in [5, 5.41) is 0. The fraction of sp³-hybridized carbons (Fsp3) is 0.632. The Kier molecular flexibility index (Phi) is 4.26. The summed E-state index contributed by atoms with van der Waals surface area (Å²) in [4.78, 5) is 14.3. The van der Waals surface area contributed by atoms with Gasteiger partial charge in [0.05, 0.1) is 13.1 Å². The Morgan fingerprint density at radius 2 is 1.96 bits per heavy atom. The van der Waals surface area contributed by atoms with Crippen molar-refractivity contribution in [1.82, 2.24) is 4.90 Å². The fourth-order valence-corrected chi connectivity index (χ4v) is 3.30. The van der Waals surface area contributed by atoms with Crippen molar-refractivity contribution in [2.24, 2.45) is 0 Å². The van der Waals surface area contributed by atoms with Crippen LogP contribution in [0.2, 0.25) is 0 Å². The number of benzene rings is 1. The van der Waals surface area contributed by atoms with Crippen molar-refractivity contribution in [3.8, 4) is 5.75 Å². The van der Waals surface area contributed by atoms with Crippen LogP contribution in [0.25, 0.3) is 0 Å². The molecule has 0 fully saturated rings. The lowest BCUT2D eigenvalue weighted by molar-refractivity contribution is 0.0177. The highest BCUT2D eigenvalue weighted by Gasteiger charge is 2.29. The number of nitrogens with zero attached hydrogens (tertiary/aromatic N) is 1. The van der Waals surface area contributed by atoms with Gasteiger partial charge in [0.25, 0.3) is 0 Å². The smallest absolute Gasteiger partial charge is 0.410 e. The molecule has 1 atom stereocenters. The first kappa shape index (κ1) is 16.2. The van der Waals surface area contributed by atoms with E-state index in [0.29, 0.717) is 13.1 Å². The number of carbonyl (C=O) groups is 1. The minimum atomic E-state index is -0.479. The summed E-state index contributed by atoms with van der Waals surface area (Å²) in [6, 6.07) is 4.42. The summed E-state index contributed by atoms with van der Waals surface area (Å²) in [7, 11) is 0. The summed E-state index contributed by atoms with van der Waals surface area (Å²) < 4.78 is 11.8. The van der Waals surface area contributed by atoms with Gasteiger partial charge in [0.2, 0.25) is 0 Å². The first-order valence-electron chi connectivity index (χ1n) is 8.65. The number of carbonyl (C=O) groups excluding carboxylic acids is 1. The molecule has 0 N–H and O–H groups in total. The van der Waals surface area contributed by atoms with Crippen LogP contribution in [0, 0.1) is 0 Å². The summed E-state index contributed by atoms with van der Waals surface area (Å²) in [6.45, 7) is 8.93. The van der Waals surface area contributed by atoms with Gasteiger partial charge in [0, 0.05) is 5.56 Å². The predicted molar refractivity (Wildman–Crippen MR) is 89.8 cm³/mol. The number of aryl methyl sites for hydroxylation is 2. The van der Waals surface area contributed by atoms with Crippen molar-refractivity contribution in [1.29, 1.82) is 0 Å². The third-order valence-corrected chi connectivity index (χ3v) is 4.46. The Hall–Kier alpha value is -1.71. The van der Waals surface area contributed by atoms with E-state index < -0.39 is 5.60 Å². The largest absolute Gasteiger partial charge is 0.488 e. The molecule has 1 amide bonds. The summed E-state index contributed by atoms with van der Waals surface area (Å²) >= 11 is 0. The molecule has 0 radical (unpaired) electrons. The van der Waals surface area contributed by atoms with Crippen molar-refractivity contribution in [3.63, 3.8) is 0 Å². The SMILES string of the molecule is CC[C@@H]1CN(C(=O)OC(C)(C)C)Cc2cc3c(cc2O1)CCC3. The van der Waals surface area contributed by atoms with E-state index in [1.165, 1.54) is 17.5 Å². The minimum absolute atomic E-state index is 0.0169. The van der Waals surface area contributed by atoms with Crippen LogP contribution < -0.4 is 4.74 Å². The van der Waals surface area contributed by atoms with Crippen LogP contribution in [0.5, 0.6) is 5.75 Å². The molecule has 0 bridgehead atoms. The molecule has 126 valence electrons. The molecule has 2 aliphatic rings. The molecule has 0 saturated carbocycles. The van der Waals surface area contributed by atoms with Gasteiger partial charge in [0.1, 0.15) is 17.5 Å². The van der Waals surface area contributed by atoms with Crippen molar-refractivity contribution in [2.75, 3.05) is 6.54 Å². The quantitative estimate of drug-likeness (QED) is 0.783. The van der Waals surface area contributed by atoms with Gasteiger partial charge < -0.3 is 14.4 Å². The summed E-state index contributed by atoms with van der Waals surface area (Å²) in [5.74, 6) is 0.948. The van der Waals surface area contributed by atoms with Crippen molar-refractivity contribution < 1.29 is 14.3 Å². The van der Waals surface area contributed by atoms with Crippen molar-refractivity contribution in [2.45, 2.75) is 71.6 Å². The van der Waals surface area contributed by atoms with Gasteiger partial charge >= 0.3 is 6.09 Å². The van der Waals surface area contributed by atoms with E-state index in [1.807, 2.05) is 20.8 Å². The van der Waals surface area contributed by atoms with E-state index in [-0.39, 0.29) is 12.2 Å². The molecule has 0 saturated heterocycles. The summed E-state index contributed by atoms with van der Waals surface area (Å²) in [6.07, 6.45) is 4.11. The highest BCUT2D eigenvalue weighted by Crippen LogP contribution is 2.33. The third-order valence-electron chi connectivity index (χ3n) is 4.46. The molecular formula is C19H27NO3. The van der Waals surface area contributed by atoms with Gasteiger partial charge in [-0.2, -0.15) is 0 Å². The molecule has 1 aliphatic heterocycles. The molecule has 3 rings (SSSR count). The normalized spacial score (nSPS) is 20.3. The number of hydrogen-bond donors (Lipinski definition) is 0. The van der Waals surface area contributed by atoms with Crippen LogP contribution in [-0.2, 0) is 24.1 Å². The Balaban J connectivity index is 1.88. The number of fused-ring (bicyclic) bond motifs is 2. The highest BCUT2D eigenvalue weighted by molar-refractivity contribution is 5.68. The molecule has 23 heavy (non-hydrogen) atoms. The lowest BCUT2D eigenvalue weighted by Crippen LogP contribution is -2.40. The molecule has 1 aliphatic carbocycles. The van der Waals surface area contributed by atoms with Crippen LogP contribution in [0.15, 0.2) is 12.1 Å². The van der Waals surface area contributed by atoms with Crippen LogP contribution in [0.4, 0.5) is 4.79 Å². The van der Waals surface area contributed by atoms with Gasteiger partial charge in [-0.25, -0.2) is 4.79 Å². The number of rotatable bonds is 1. The maximum Gasteiger partial charge on any atom is 0.410 e. The molecule has 0 aromatic heterocycles. The van der Waals surface area contributed by atoms with Gasteiger partial charge in [-0.3, -0.25) is 0 Å². The average molecular weight is 317 g/mol. The monoisotopic (exact) mass is 317 g/mol. The Morgan fingerprint density at radius 1 is 1.26 bits per heavy atom. The van der Waals surface area contributed by atoms with Gasteiger partial charge in [-0.05, 0) is 63.6 Å². The van der Waals surface area contributed by atoms with Gasteiger partial charge in [0.15, 0.2) is 0 Å². The number of hydrogen-bond acceptors (Lipinski definition) is 3. The minimum Gasteiger partial charge on any atom is -0.488 e. The molecule has 4 heteroatoms. The van der Waals surface area contributed by atoms with E-state index in [0.717, 1.165) is 30.6 Å². The topological polar surface area (TPSA) is 38.8 Å².